The Hall–Kier alpha value is -1.25. The van der Waals surface area contributed by atoms with E-state index < -0.39 is 10.0 Å². The van der Waals surface area contributed by atoms with Gasteiger partial charge in [0.1, 0.15) is 10.7 Å². The summed E-state index contributed by atoms with van der Waals surface area (Å²) in [5.74, 6) is 1.67. The molecule has 1 atom stereocenters. The molecule has 3 heterocycles. The van der Waals surface area contributed by atoms with Crippen molar-refractivity contribution in [2.75, 3.05) is 18.8 Å². The van der Waals surface area contributed by atoms with Crippen molar-refractivity contribution < 1.29 is 12.8 Å². The average molecular weight is 384 g/mol. The van der Waals surface area contributed by atoms with Crippen molar-refractivity contribution in [3.05, 3.63) is 35.5 Å². The molecule has 0 saturated carbocycles. The maximum absolute atomic E-state index is 13.3. The average Bonchev–Trinajstić information content (AvgIpc) is 3.08. The number of hydrogen-bond acceptors (Lipinski definition) is 5. The molecule has 1 aliphatic rings. The van der Waals surface area contributed by atoms with Crippen LogP contribution in [0.5, 0.6) is 0 Å². The van der Waals surface area contributed by atoms with Crippen LogP contribution < -0.4 is 0 Å². The van der Waals surface area contributed by atoms with Crippen molar-refractivity contribution in [1.29, 1.82) is 0 Å². The van der Waals surface area contributed by atoms with Crippen molar-refractivity contribution in [3.8, 4) is 0 Å². The first-order valence-corrected chi connectivity index (χ1v) is 11.0. The molecule has 25 heavy (non-hydrogen) atoms. The van der Waals surface area contributed by atoms with E-state index in [4.69, 9.17) is 4.42 Å². The van der Waals surface area contributed by atoms with Gasteiger partial charge in [-0.3, -0.25) is 4.68 Å². The first-order valence-electron chi connectivity index (χ1n) is 8.53. The summed E-state index contributed by atoms with van der Waals surface area (Å²) in [5.41, 5.74) is 1.29. The quantitative estimate of drug-likeness (QED) is 0.808. The number of nitrogens with zero attached hydrogens (tertiary/aromatic N) is 3. The molecule has 1 aliphatic heterocycles. The van der Waals surface area contributed by atoms with Crippen LogP contribution in [0.15, 0.2) is 27.7 Å². The smallest absolute Gasteiger partial charge is 0.246 e. The molecule has 0 bridgehead atoms. The zero-order valence-electron chi connectivity index (χ0n) is 15.1. The molecule has 2 aromatic heterocycles. The van der Waals surface area contributed by atoms with Gasteiger partial charge in [-0.2, -0.15) is 9.40 Å². The molecule has 3 rings (SSSR count). The Balaban J connectivity index is 1.86. The van der Waals surface area contributed by atoms with Gasteiger partial charge in [0, 0.05) is 24.9 Å². The van der Waals surface area contributed by atoms with Crippen molar-refractivity contribution in [2.45, 2.75) is 50.3 Å². The van der Waals surface area contributed by atoms with Crippen LogP contribution in [-0.2, 0) is 10.0 Å². The Kier molecular flexibility index (Phi) is 5.31. The van der Waals surface area contributed by atoms with Gasteiger partial charge in [-0.25, -0.2) is 8.42 Å². The monoisotopic (exact) mass is 383 g/mol. The highest BCUT2D eigenvalue weighted by Gasteiger charge is 2.33. The second-order valence-electron chi connectivity index (χ2n) is 6.61. The van der Waals surface area contributed by atoms with E-state index in [1.54, 1.807) is 33.9 Å². The van der Waals surface area contributed by atoms with Gasteiger partial charge in [0.05, 0.1) is 22.9 Å². The fourth-order valence-electron chi connectivity index (χ4n) is 3.35. The number of aromatic nitrogens is 2. The molecular formula is C17H25N3O3S2. The minimum Gasteiger partial charge on any atom is -0.468 e. The third-order valence-corrected chi connectivity index (χ3v) is 7.95. The molecule has 0 unspecified atom stereocenters. The normalized spacial score (nSPS) is 20.1. The number of furan rings is 1. The molecule has 0 aliphatic carbocycles. The predicted octanol–water partition coefficient (Wildman–Crippen LogP) is 3.54. The summed E-state index contributed by atoms with van der Waals surface area (Å²) in [6, 6.07) is 3.97. The Morgan fingerprint density at radius 2 is 2.08 bits per heavy atom. The molecule has 0 N–H and O–H groups in total. The highest BCUT2D eigenvalue weighted by atomic mass is 32.2. The number of thioether (sulfide) groups is 1. The van der Waals surface area contributed by atoms with Crippen molar-refractivity contribution >= 4 is 21.8 Å². The fourth-order valence-corrected chi connectivity index (χ4v) is 6.46. The molecule has 0 amide bonds. The number of rotatable bonds is 4. The van der Waals surface area contributed by atoms with Gasteiger partial charge in [0.15, 0.2) is 0 Å². The van der Waals surface area contributed by atoms with Gasteiger partial charge in [-0.1, -0.05) is 0 Å². The van der Waals surface area contributed by atoms with E-state index in [2.05, 4.69) is 5.10 Å². The van der Waals surface area contributed by atoms with E-state index in [0.717, 1.165) is 17.9 Å². The minimum atomic E-state index is -3.55. The Morgan fingerprint density at radius 3 is 2.68 bits per heavy atom. The highest BCUT2D eigenvalue weighted by Crippen LogP contribution is 2.36. The van der Waals surface area contributed by atoms with Crippen LogP contribution in [0.2, 0.25) is 0 Å². The zero-order valence-corrected chi connectivity index (χ0v) is 16.7. The lowest BCUT2D eigenvalue weighted by Crippen LogP contribution is -2.33. The molecule has 138 valence electrons. The summed E-state index contributed by atoms with van der Waals surface area (Å²) in [6.45, 7) is 8.63. The molecular weight excluding hydrogens is 358 g/mol. The van der Waals surface area contributed by atoms with Gasteiger partial charge in [0.2, 0.25) is 10.0 Å². The second-order valence-corrected chi connectivity index (χ2v) is 9.79. The van der Waals surface area contributed by atoms with Gasteiger partial charge >= 0.3 is 0 Å². The molecule has 6 nitrogen and oxygen atoms in total. The largest absolute Gasteiger partial charge is 0.468 e. The van der Waals surface area contributed by atoms with E-state index in [9.17, 15) is 8.42 Å². The summed E-state index contributed by atoms with van der Waals surface area (Å²) in [6.07, 6.45) is 2.41. The standard InChI is InChI=1S/C17H25N3O3S2/c1-12(2)20-14(4)17(13(3)18-20)25(21,22)19-8-7-16(24-11-9-19)15-6-5-10-23-15/h5-6,10,12,16H,7-9,11H2,1-4H3/t16-/m0/s1. The first kappa shape index (κ1) is 18.5. The summed E-state index contributed by atoms with van der Waals surface area (Å²) in [5, 5.41) is 4.64. The lowest BCUT2D eigenvalue weighted by Gasteiger charge is -2.20. The Bertz CT molecular complexity index is 826. The van der Waals surface area contributed by atoms with Crippen LogP contribution in [-0.4, -0.2) is 41.3 Å². The molecule has 8 heteroatoms. The predicted molar refractivity (Wildman–Crippen MR) is 99.4 cm³/mol. The zero-order chi connectivity index (χ0) is 18.2. The summed E-state index contributed by atoms with van der Waals surface area (Å²) in [7, 11) is -3.55. The molecule has 0 spiro atoms. The second kappa shape index (κ2) is 7.17. The van der Waals surface area contributed by atoms with E-state index >= 15 is 0 Å². The molecule has 0 aromatic carbocycles. The van der Waals surface area contributed by atoms with Crippen LogP contribution >= 0.6 is 11.8 Å². The van der Waals surface area contributed by atoms with Crippen molar-refractivity contribution in [1.82, 2.24) is 14.1 Å². The first-order chi connectivity index (χ1) is 11.8. The minimum absolute atomic E-state index is 0.130. The Morgan fingerprint density at radius 1 is 1.32 bits per heavy atom. The summed E-state index contributed by atoms with van der Waals surface area (Å²) in [4.78, 5) is 0.364. The third kappa shape index (κ3) is 3.52. The van der Waals surface area contributed by atoms with Gasteiger partial charge in [-0.15, -0.1) is 11.8 Å². The molecule has 2 aromatic rings. The SMILES string of the molecule is Cc1nn(C(C)C)c(C)c1S(=O)(=O)N1CCS[C@H](c2ccco2)CC1. The molecule has 1 saturated heterocycles. The maximum Gasteiger partial charge on any atom is 0.246 e. The van der Waals surface area contributed by atoms with Crippen LogP contribution in [0.4, 0.5) is 0 Å². The lowest BCUT2D eigenvalue weighted by molar-refractivity contribution is 0.416. The van der Waals surface area contributed by atoms with E-state index in [0.29, 0.717) is 29.4 Å². The molecule has 1 fully saturated rings. The van der Waals surface area contributed by atoms with Crippen LogP contribution in [0.3, 0.4) is 0 Å². The van der Waals surface area contributed by atoms with Crippen LogP contribution in [0.25, 0.3) is 0 Å². The van der Waals surface area contributed by atoms with Gasteiger partial charge in [0.25, 0.3) is 0 Å². The molecule has 0 radical (unpaired) electrons. The third-order valence-electron chi connectivity index (χ3n) is 4.51. The van der Waals surface area contributed by atoms with Crippen molar-refractivity contribution in [3.63, 3.8) is 0 Å². The Labute approximate surface area is 153 Å². The summed E-state index contributed by atoms with van der Waals surface area (Å²) < 4.78 is 35.4. The van der Waals surface area contributed by atoms with Crippen LogP contribution in [0.1, 0.15) is 48.7 Å². The maximum atomic E-state index is 13.3. The number of sulfonamides is 1. The van der Waals surface area contributed by atoms with Gasteiger partial charge in [-0.05, 0) is 46.2 Å². The van der Waals surface area contributed by atoms with Crippen molar-refractivity contribution in [2.24, 2.45) is 0 Å². The fraction of sp³-hybridized carbons (Fsp3) is 0.588. The van der Waals surface area contributed by atoms with E-state index in [1.807, 2.05) is 32.9 Å². The number of aryl methyl sites for hydroxylation is 1. The topological polar surface area (TPSA) is 68.3 Å². The van der Waals surface area contributed by atoms with Gasteiger partial charge < -0.3 is 4.42 Å². The lowest BCUT2D eigenvalue weighted by atomic mass is 10.2. The van der Waals surface area contributed by atoms with E-state index in [-0.39, 0.29) is 11.3 Å². The number of hydrogen-bond donors (Lipinski definition) is 0. The summed E-state index contributed by atoms with van der Waals surface area (Å²) >= 11 is 1.75. The highest BCUT2D eigenvalue weighted by molar-refractivity contribution is 7.99. The van der Waals surface area contributed by atoms with E-state index in [1.165, 1.54) is 0 Å². The van der Waals surface area contributed by atoms with Crippen LogP contribution in [0, 0.1) is 13.8 Å².